The zero-order chi connectivity index (χ0) is 23.0. The van der Waals surface area contributed by atoms with Crippen LogP contribution in [0.3, 0.4) is 0 Å². The monoisotopic (exact) mass is 466 g/mol. The van der Waals surface area contributed by atoms with Gasteiger partial charge in [-0.3, -0.25) is 4.90 Å². The lowest BCUT2D eigenvalue weighted by molar-refractivity contribution is 0.194. The zero-order valence-corrected chi connectivity index (χ0v) is 20.0. The Hall–Kier alpha value is -2.73. The third kappa shape index (κ3) is 5.80. The van der Waals surface area contributed by atoms with Gasteiger partial charge in [0.15, 0.2) is 11.5 Å². The Morgan fingerprint density at radius 1 is 0.909 bits per heavy atom. The summed E-state index contributed by atoms with van der Waals surface area (Å²) >= 11 is 6.42. The minimum atomic E-state index is -0.0110. The molecule has 3 aromatic rings. The number of halogens is 1. The van der Waals surface area contributed by atoms with Gasteiger partial charge in [-0.15, -0.1) is 0 Å². The highest BCUT2D eigenvalue weighted by Crippen LogP contribution is 2.40. The van der Waals surface area contributed by atoms with Crippen LogP contribution in [0.25, 0.3) is 0 Å². The fourth-order valence-electron chi connectivity index (χ4n) is 4.26. The molecule has 1 heterocycles. The number of ether oxygens (including phenoxy) is 3. The molecule has 0 aromatic heterocycles. The Morgan fingerprint density at radius 2 is 1.67 bits per heavy atom. The number of nitrogens with one attached hydrogen (secondary N) is 1. The van der Waals surface area contributed by atoms with Gasteiger partial charge >= 0.3 is 0 Å². The van der Waals surface area contributed by atoms with Gasteiger partial charge in [0.25, 0.3) is 0 Å². The largest absolute Gasteiger partial charge is 0.496 e. The Morgan fingerprint density at radius 3 is 2.39 bits per heavy atom. The lowest BCUT2D eigenvalue weighted by atomic mass is 9.95. The van der Waals surface area contributed by atoms with Crippen molar-refractivity contribution >= 4 is 11.6 Å². The van der Waals surface area contributed by atoms with E-state index in [2.05, 4.69) is 34.5 Å². The van der Waals surface area contributed by atoms with Crippen molar-refractivity contribution in [3.63, 3.8) is 0 Å². The van der Waals surface area contributed by atoms with Crippen LogP contribution in [0.1, 0.15) is 29.7 Å². The SMILES string of the molecule is CCOc1cc(C(c2cc(Cl)ccc2OC)N2CCNCC2)ccc1OCc1ccccc1. The average Bonchev–Trinajstić information content (AvgIpc) is 2.85. The highest BCUT2D eigenvalue weighted by Gasteiger charge is 2.28. The quantitative estimate of drug-likeness (QED) is 0.462. The summed E-state index contributed by atoms with van der Waals surface area (Å²) in [5.74, 6) is 2.30. The summed E-state index contributed by atoms with van der Waals surface area (Å²) in [6.07, 6.45) is 0. The number of methoxy groups -OCH3 is 1. The van der Waals surface area contributed by atoms with Gasteiger partial charge in [0.05, 0.1) is 19.8 Å². The molecule has 0 spiro atoms. The summed E-state index contributed by atoms with van der Waals surface area (Å²) in [4.78, 5) is 2.46. The number of hydrogen-bond donors (Lipinski definition) is 1. The molecule has 6 heteroatoms. The summed E-state index contributed by atoms with van der Waals surface area (Å²) in [5, 5.41) is 4.14. The van der Waals surface area contributed by atoms with E-state index in [4.69, 9.17) is 25.8 Å². The van der Waals surface area contributed by atoms with Crippen molar-refractivity contribution in [3.8, 4) is 17.2 Å². The Labute approximate surface area is 201 Å². The molecule has 1 unspecified atom stereocenters. The molecule has 1 saturated heterocycles. The molecule has 174 valence electrons. The minimum absolute atomic E-state index is 0.0110. The average molecular weight is 467 g/mol. The second kappa shape index (κ2) is 11.4. The van der Waals surface area contributed by atoms with E-state index < -0.39 is 0 Å². The molecule has 1 aliphatic rings. The van der Waals surface area contributed by atoms with Crippen LogP contribution in [0.5, 0.6) is 17.2 Å². The summed E-state index contributed by atoms with van der Waals surface area (Å²) in [5.41, 5.74) is 3.28. The lowest BCUT2D eigenvalue weighted by Gasteiger charge is -2.36. The van der Waals surface area contributed by atoms with E-state index in [1.165, 1.54) is 0 Å². The molecule has 5 nitrogen and oxygen atoms in total. The van der Waals surface area contributed by atoms with Crippen LogP contribution in [0, 0.1) is 0 Å². The first-order chi connectivity index (χ1) is 16.2. The van der Waals surface area contributed by atoms with Gasteiger partial charge in [0, 0.05) is 36.8 Å². The van der Waals surface area contributed by atoms with Crippen molar-refractivity contribution in [2.45, 2.75) is 19.6 Å². The summed E-state index contributed by atoms with van der Waals surface area (Å²) in [6, 6.07) is 22.2. The van der Waals surface area contributed by atoms with Crippen LogP contribution in [0.2, 0.25) is 5.02 Å². The second-order valence-electron chi connectivity index (χ2n) is 7.99. The van der Waals surface area contributed by atoms with Crippen molar-refractivity contribution < 1.29 is 14.2 Å². The molecule has 1 atom stereocenters. The standard InChI is InChI=1S/C27H31ClN2O3/c1-3-32-26-17-21(9-11-25(26)33-19-20-7-5-4-6-8-20)27(30-15-13-29-14-16-30)23-18-22(28)10-12-24(23)31-2/h4-12,17-18,27,29H,3,13-16,19H2,1-2H3. The van der Waals surface area contributed by atoms with Gasteiger partial charge in [-0.1, -0.05) is 48.0 Å². The summed E-state index contributed by atoms with van der Waals surface area (Å²) < 4.78 is 17.9. The summed E-state index contributed by atoms with van der Waals surface area (Å²) in [6.45, 7) is 6.77. The van der Waals surface area contributed by atoms with Gasteiger partial charge in [-0.2, -0.15) is 0 Å². The Balaban J connectivity index is 1.70. The van der Waals surface area contributed by atoms with E-state index in [9.17, 15) is 0 Å². The third-order valence-electron chi connectivity index (χ3n) is 5.82. The predicted octanol–water partition coefficient (Wildman–Crippen LogP) is 5.32. The minimum Gasteiger partial charge on any atom is -0.496 e. The molecule has 4 rings (SSSR count). The molecule has 0 saturated carbocycles. The number of piperazine rings is 1. The topological polar surface area (TPSA) is 43.0 Å². The van der Waals surface area contributed by atoms with Gasteiger partial charge in [-0.25, -0.2) is 0 Å². The number of benzene rings is 3. The van der Waals surface area contributed by atoms with E-state index in [1.807, 2.05) is 49.4 Å². The van der Waals surface area contributed by atoms with E-state index in [0.717, 1.165) is 60.1 Å². The molecule has 1 fully saturated rings. The molecule has 0 radical (unpaired) electrons. The van der Waals surface area contributed by atoms with Gasteiger partial charge < -0.3 is 19.5 Å². The van der Waals surface area contributed by atoms with Crippen LogP contribution >= 0.6 is 11.6 Å². The molecule has 3 aromatic carbocycles. The van der Waals surface area contributed by atoms with Gasteiger partial charge in [0.1, 0.15) is 12.4 Å². The highest BCUT2D eigenvalue weighted by atomic mass is 35.5. The lowest BCUT2D eigenvalue weighted by Crippen LogP contribution is -2.45. The molecule has 0 aliphatic carbocycles. The van der Waals surface area contributed by atoms with Crippen LogP contribution in [0.15, 0.2) is 66.7 Å². The van der Waals surface area contributed by atoms with Crippen molar-refractivity contribution in [1.82, 2.24) is 10.2 Å². The maximum Gasteiger partial charge on any atom is 0.161 e. The normalized spacial score (nSPS) is 15.1. The van der Waals surface area contributed by atoms with E-state index in [1.54, 1.807) is 7.11 Å². The smallest absolute Gasteiger partial charge is 0.161 e. The Kier molecular flexibility index (Phi) is 8.10. The van der Waals surface area contributed by atoms with Gasteiger partial charge in [0.2, 0.25) is 0 Å². The molecule has 0 amide bonds. The number of hydrogen-bond acceptors (Lipinski definition) is 5. The number of rotatable bonds is 9. The van der Waals surface area contributed by atoms with Crippen molar-refractivity contribution in [3.05, 3.63) is 88.4 Å². The molecule has 1 aliphatic heterocycles. The number of nitrogens with zero attached hydrogens (tertiary/aromatic N) is 1. The molecular weight excluding hydrogens is 436 g/mol. The van der Waals surface area contributed by atoms with Crippen molar-refractivity contribution in [2.24, 2.45) is 0 Å². The zero-order valence-electron chi connectivity index (χ0n) is 19.2. The predicted molar refractivity (Wildman–Crippen MR) is 133 cm³/mol. The molecule has 33 heavy (non-hydrogen) atoms. The van der Waals surface area contributed by atoms with Crippen molar-refractivity contribution in [1.29, 1.82) is 0 Å². The fraction of sp³-hybridized carbons (Fsp3) is 0.333. The van der Waals surface area contributed by atoms with Crippen LogP contribution in [-0.2, 0) is 6.61 Å². The van der Waals surface area contributed by atoms with E-state index in [0.29, 0.717) is 18.2 Å². The van der Waals surface area contributed by atoms with Crippen LogP contribution in [-0.4, -0.2) is 44.8 Å². The maximum absolute atomic E-state index is 6.42. The summed E-state index contributed by atoms with van der Waals surface area (Å²) in [7, 11) is 1.70. The first kappa shape index (κ1) is 23.4. The highest BCUT2D eigenvalue weighted by molar-refractivity contribution is 6.30. The van der Waals surface area contributed by atoms with Crippen LogP contribution < -0.4 is 19.5 Å². The fourth-order valence-corrected chi connectivity index (χ4v) is 4.44. The van der Waals surface area contributed by atoms with E-state index >= 15 is 0 Å². The van der Waals surface area contributed by atoms with Gasteiger partial charge in [-0.05, 0) is 48.4 Å². The first-order valence-electron chi connectivity index (χ1n) is 11.4. The van der Waals surface area contributed by atoms with Crippen molar-refractivity contribution in [2.75, 3.05) is 39.9 Å². The third-order valence-corrected chi connectivity index (χ3v) is 6.06. The molecule has 0 bridgehead atoms. The molecular formula is C27H31ClN2O3. The van der Waals surface area contributed by atoms with E-state index in [-0.39, 0.29) is 6.04 Å². The van der Waals surface area contributed by atoms with Crippen LogP contribution in [0.4, 0.5) is 0 Å². The first-order valence-corrected chi connectivity index (χ1v) is 11.8. The Bertz CT molecular complexity index is 1040. The maximum atomic E-state index is 6.42. The second-order valence-corrected chi connectivity index (χ2v) is 8.42. The molecule has 1 N–H and O–H groups in total.